The number of para-hydroxylation sites is 2. The molecule has 0 saturated carbocycles. The van der Waals surface area contributed by atoms with Crippen molar-refractivity contribution in [3.05, 3.63) is 118 Å². The van der Waals surface area contributed by atoms with Crippen molar-refractivity contribution in [2.75, 3.05) is 17.2 Å². The number of fused-ring (bicyclic) bond motifs is 1. The Balaban J connectivity index is 1.20. The van der Waals surface area contributed by atoms with E-state index in [1.54, 1.807) is 60.7 Å². The zero-order chi connectivity index (χ0) is 31.8. The van der Waals surface area contributed by atoms with Crippen LogP contribution in [0.25, 0.3) is 10.1 Å². The maximum Gasteiger partial charge on any atom is 0.355 e. The molecule has 5 aromatic rings. The van der Waals surface area contributed by atoms with Gasteiger partial charge in [0.05, 0.1) is 29.1 Å². The molecule has 10 nitrogen and oxygen atoms in total. The van der Waals surface area contributed by atoms with Gasteiger partial charge in [-0.05, 0) is 61.5 Å². The van der Waals surface area contributed by atoms with Crippen LogP contribution in [0.4, 0.5) is 11.4 Å². The molecule has 5 rings (SSSR count). The smallest absolute Gasteiger partial charge is 0.355 e. The molecule has 3 N–H and O–H groups in total. The van der Waals surface area contributed by atoms with Crippen LogP contribution >= 0.6 is 22.9 Å². The summed E-state index contributed by atoms with van der Waals surface area (Å²) in [4.78, 5) is 51.3. The molecule has 12 heteroatoms. The van der Waals surface area contributed by atoms with Crippen molar-refractivity contribution >= 4 is 74.3 Å². The fraction of sp³-hybridized carbons (Fsp3) is 0.0606. The van der Waals surface area contributed by atoms with E-state index in [0.29, 0.717) is 28.6 Å². The van der Waals surface area contributed by atoms with E-state index in [1.807, 2.05) is 31.2 Å². The third-order valence-electron chi connectivity index (χ3n) is 6.26. The maximum atomic E-state index is 12.9. The Morgan fingerprint density at radius 1 is 0.844 bits per heavy atom. The van der Waals surface area contributed by atoms with Gasteiger partial charge < -0.3 is 20.1 Å². The van der Waals surface area contributed by atoms with Crippen molar-refractivity contribution in [3.63, 3.8) is 0 Å². The first-order valence-corrected chi connectivity index (χ1v) is 14.8. The minimum Gasteiger partial charge on any atom is -0.494 e. The summed E-state index contributed by atoms with van der Waals surface area (Å²) in [7, 11) is 0. The summed E-state index contributed by atoms with van der Waals surface area (Å²) in [5.41, 5.74) is 3.30. The fourth-order valence-electron chi connectivity index (χ4n) is 4.15. The van der Waals surface area contributed by atoms with Crippen molar-refractivity contribution in [1.82, 2.24) is 5.43 Å². The Bertz CT molecular complexity index is 1920. The maximum absolute atomic E-state index is 12.9. The molecule has 0 fully saturated rings. The number of hydrogen-bond acceptors (Lipinski definition) is 8. The van der Waals surface area contributed by atoms with Crippen molar-refractivity contribution in [1.29, 1.82) is 0 Å². The second-order valence-corrected chi connectivity index (χ2v) is 10.7. The van der Waals surface area contributed by atoms with Gasteiger partial charge in [0.1, 0.15) is 16.4 Å². The van der Waals surface area contributed by atoms with Crippen LogP contribution in [-0.4, -0.2) is 36.5 Å². The number of carbonyl (C=O) groups excluding carboxylic acids is 4. The molecule has 0 aliphatic heterocycles. The molecule has 0 radical (unpaired) electrons. The number of amides is 3. The molecule has 4 aromatic carbocycles. The van der Waals surface area contributed by atoms with Crippen LogP contribution < -0.4 is 25.5 Å². The largest absolute Gasteiger partial charge is 0.494 e. The molecule has 0 unspecified atom stereocenters. The number of hydrogen-bond donors (Lipinski definition) is 3. The monoisotopic (exact) mass is 640 g/mol. The first-order chi connectivity index (χ1) is 21.8. The van der Waals surface area contributed by atoms with Gasteiger partial charge in [-0.1, -0.05) is 54.1 Å². The molecule has 226 valence electrons. The highest BCUT2D eigenvalue weighted by Crippen LogP contribution is 2.36. The standard InChI is InChI=1S/C33H25ClN4O6S/c1-2-43-22-17-15-21(16-18-22)36-30(39)23-10-4-6-12-25(23)37-31(40)32(41)38-35-19-20-9-3-7-13-26(20)44-33(42)29-28(34)24-11-5-8-14-27(24)45-29/h3-19H,2H2,1H3,(H,36,39)(H,37,40)(H,38,41). The summed E-state index contributed by atoms with van der Waals surface area (Å²) >= 11 is 7.63. The summed E-state index contributed by atoms with van der Waals surface area (Å²) in [6.45, 7) is 2.39. The summed E-state index contributed by atoms with van der Waals surface area (Å²) in [5, 5.41) is 10.1. The molecule has 1 aromatic heterocycles. The van der Waals surface area contributed by atoms with Crippen LogP contribution in [0.1, 0.15) is 32.5 Å². The summed E-state index contributed by atoms with van der Waals surface area (Å²) < 4.78 is 11.8. The van der Waals surface area contributed by atoms with Crippen molar-refractivity contribution in [3.8, 4) is 11.5 Å². The van der Waals surface area contributed by atoms with Crippen LogP contribution in [0.3, 0.4) is 0 Å². The second-order valence-electron chi connectivity index (χ2n) is 9.28. The SMILES string of the molecule is CCOc1ccc(NC(=O)c2ccccc2NC(=O)C(=O)NN=Cc2ccccc2OC(=O)c2sc3ccccc3c2Cl)cc1. The molecule has 0 saturated heterocycles. The minimum atomic E-state index is -1.08. The fourth-order valence-corrected chi connectivity index (χ4v) is 5.54. The number of hydrazone groups is 1. The lowest BCUT2D eigenvalue weighted by Gasteiger charge is -2.11. The number of ether oxygens (including phenoxy) is 2. The molecule has 0 atom stereocenters. The van der Waals surface area contributed by atoms with Gasteiger partial charge in [0, 0.05) is 21.3 Å². The van der Waals surface area contributed by atoms with Gasteiger partial charge in [0.15, 0.2) is 0 Å². The van der Waals surface area contributed by atoms with Gasteiger partial charge in [-0.3, -0.25) is 14.4 Å². The Labute approximate surface area is 266 Å². The number of rotatable bonds is 9. The van der Waals surface area contributed by atoms with Crippen LogP contribution in [-0.2, 0) is 9.59 Å². The molecule has 45 heavy (non-hydrogen) atoms. The van der Waals surface area contributed by atoms with Gasteiger partial charge in [0.25, 0.3) is 5.91 Å². The average molecular weight is 641 g/mol. The summed E-state index contributed by atoms with van der Waals surface area (Å²) in [6, 6.07) is 27.0. The van der Waals surface area contributed by atoms with E-state index in [1.165, 1.54) is 29.7 Å². The molecular formula is C33H25ClN4O6S. The third kappa shape index (κ3) is 7.53. The zero-order valence-electron chi connectivity index (χ0n) is 23.7. The molecule has 3 amide bonds. The van der Waals surface area contributed by atoms with E-state index in [-0.39, 0.29) is 21.9 Å². The van der Waals surface area contributed by atoms with E-state index in [0.717, 1.165) is 10.1 Å². The lowest BCUT2D eigenvalue weighted by Crippen LogP contribution is -2.33. The van der Waals surface area contributed by atoms with Crippen molar-refractivity contribution < 1.29 is 28.7 Å². The molecule has 0 bridgehead atoms. The van der Waals surface area contributed by atoms with E-state index >= 15 is 0 Å². The molecule has 0 aliphatic rings. The lowest BCUT2D eigenvalue weighted by molar-refractivity contribution is -0.136. The number of esters is 1. The highest BCUT2D eigenvalue weighted by Gasteiger charge is 2.20. The highest BCUT2D eigenvalue weighted by molar-refractivity contribution is 7.21. The summed E-state index contributed by atoms with van der Waals surface area (Å²) in [6.07, 6.45) is 1.23. The quantitative estimate of drug-likeness (QED) is 0.0552. The minimum absolute atomic E-state index is 0.127. The zero-order valence-corrected chi connectivity index (χ0v) is 25.3. The summed E-state index contributed by atoms with van der Waals surface area (Å²) in [5.74, 6) is -2.43. The predicted octanol–water partition coefficient (Wildman–Crippen LogP) is 6.51. The van der Waals surface area contributed by atoms with Gasteiger partial charge in [0.2, 0.25) is 0 Å². The first kappa shape index (κ1) is 30.9. The van der Waals surface area contributed by atoms with Crippen molar-refractivity contribution in [2.24, 2.45) is 5.10 Å². The van der Waals surface area contributed by atoms with Gasteiger partial charge in [-0.2, -0.15) is 5.10 Å². The number of nitrogens with one attached hydrogen (secondary N) is 3. The number of halogens is 1. The van der Waals surface area contributed by atoms with E-state index < -0.39 is 23.7 Å². The number of thiophene rings is 1. The number of benzene rings is 4. The lowest BCUT2D eigenvalue weighted by atomic mass is 10.1. The highest BCUT2D eigenvalue weighted by atomic mass is 35.5. The van der Waals surface area contributed by atoms with E-state index in [9.17, 15) is 19.2 Å². The van der Waals surface area contributed by atoms with Gasteiger partial charge in [-0.15, -0.1) is 11.3 Å². The van der Waals surface area contributed by atoms with Crippen LogP contribution in [0, 0.1) is 0 Å². The number of carbonyl (C=O) groups is 4. The van der Waals surface area contributed by atoms with Gasteiger partial charge >= 0.3 is 17.8 Å². The topological polar surface area (TPSA) is 135 Å². The second kappa shape index (κ2) is 14.3. The third-order valence-corrected chi connectivity index (χ3v) is 7.92. The van der Waals surface area contributed by atoms with Crippen LogP contribution in [0.5, 0.6) is 11.5 Å². The van der Waals surface area contributed by atoms with Gasteiger partial charge in [-0.25, -0.2) is 10.2 Å². The Morgan fingerprint density at radius 3 is 2.33 bits per heavy atom. The normalized spacial score (nSPS) is 10.8. The molecule has 0 aliphatic carbocycles. The van der Waals surface area contributed by atoms with E-state index in [2.05, 4.69) is 21.2 Å². The van der Waals surface area contributed by atoms with E-state index in [4.69, 9.17) is 21.1 Å². The molecule has 0 spiro atoms. The number of nitrogens with zero attached hydrogens (tertiary/aromatic N) is 1. The Hall–Kier alpha value is -5.52. The van der Waals surface area contributed by atoms with Crippen molar-refractivity contribution in [2.45, 2.75) is 6.92 Å². The Morgan fingerprint density at radius 2 is 1.56 bits per heavy atom. The van der Waals surface area contributed by atoms with Crippen LogP contribution in [0.15, 0.2) is 102 Å². The average Bonchev–Trinajstić information content (AvgIpc) is 3.39. The first-order valence-electron chi connectivity index (χ1n) is 13.6. The molecule has 1 heterocycles. The number of anilines is 2. The Kier molecular flexibility index (Phi) is 9.83. The predicted molar refractivity (Wildman–Crippen MR) is 175 cm³/mol. The molecular weight excluding hydrogens is 616 g/mol. The van der Waals surface area contributed by atoms with Crippen LogP contribution in [0.2, 0.25) is 5.02 Å².